The van der Waals surface area contributed by atoms with E-state index in [1.807, 2.05) is 4.90 Å². The third kappa shape index (κ3) is 2.23. The fourth-order valence-corrected chi connectivity index (χ4v) is 4.55. The van der Waals surface area contributed by atoms with Crippen molar-refractivity contribution in [2.24, 2.45) is 5.92 Å². The fourth-order valence-electron chi connectivity index (χ4n) is 4.03. The molecule has 2 atom stereocenters. The Morgan fingerprint density at radius 2 is 2.08 bits per heavy atom. The Labute approximate surface area is 142 Å². The first-order valence-electron chi connectivity index (χ1n) is 8.58. The summed E-state index contributed by atoms with van der Waals surface area (Å²) in [5.41, 5.74) is 2.20. The van der Waals surface area contributed by atoms with Crippen molar-refractivity contribution >= 4 is 17.2 Å². The van der Waals surface area contributed by atoms with Crippen LogP contribution in [-0.4, -0.2) is 42.2 Å². The largest absolute Gasteiger partial charge is 0.345 e. The molecule has 0 spiro atoms. The molecule has 7 nitrogen and oxygen atoms in total. The fraction of sp³-hybridized carbons (Fsp3) is 0.625. The molecule has 1 amide bonds. The molecule has 1 saturated carbocycles. The normalized spacial score (nSPS) is 25.6. The van der Waals surface area contributed by atoms with Crippen LogP contribution in [0.2, 0.25) is 0 Å². The molecule has 0 unspecified atom stereocenters. The standard InChI is InChI=1S/C16H19N5O2S/c22-15(13-8-24-9-17-13)21-11-3-4-12(21)7-19-14(5-11)18-20(16(19)23)6-10-1-2-10/h8-12H,1-7H2/t11-,12+/m0/s1. The molecule has 2 bridgehead atoms. The lowest BCUT2D eigenvalue weighted by Gasteiger charge is -2.27. The SMILES string of the molecule is O=C(c1cscn1)N1[C@@H]2CC[C@H]1Cc1nn(CC3CC3)c(=O)n1C2. The minimum atomic E-state index is -0.00879. The Morgan fingerprint density at radius 1 is 1.25 bits per heavy atom. The van der Waals surface area contributed by atoms with Gasteiger partial charge >= 0.3 is 5.69 Å². The predicted molar refractivity (Wildman–Crippen MR) is 88.0 cm³/mol. The Bertz CT molecular complexity index is 835. The second kappa shape index (κ2) is 5.27. The van der Waals surface area contributed by atoms with Crippen LogP contribution in [-0.2, 0) is 19.5 Å². The molecule has 2 aromatic heterocycles. The summed E-state index contributed by atoms with van der Waals surface area (Å²) in [4.78, 5) is 31.6. The van der Waals surface area contributed by atoms with Gasteiger partial charge in [-0.1, -0.05) is 0 Å². The van der Waals surface area contributed by atoms with Crippen LogP contribution in [0.3, 0.4) is 0 Å². The van der Waals surface area contributed by atoms with Gasteiger partial charge in [-0.15, -0.1) is 11.3 Å². The number of carbonyl (C=O) groups excluding carboxylic acids is 1. The Morgan fingerprint density at radius 3 is 2.83 bits per heavy atom. The highest BCUT2D eigenvalue weighted by Gasteiger charge is 2.42. The van der Waals surface area contributed by atoms with E-state index in [-0.39, 0.29) is 23.7 Å². The van der Waals surface area contributed by atoms with Gasteiger partial charge in [-0.05, 0) is 31.6 Å². The van der Waals surface area contributed by atoms with Gasteiger partial charge in [-0.3, -0.25) is 9.36 Å². The summed E-state index contributed by atoms with van der Waals surface area (Å²) >= 11 is 1.44. The number of hydrogen-bond acceptors (Lipinski definition) is 5. The molecular formula is C16H19N5O2S. The van der Waals surface area contributed by atoms with Gasteiger partial charge in [0.05, 0.1) is 11.6 Å². The third-order valence-electron chi connectivity index (χ3n) is 5.44. The summed E-state index contributed by atoms with van der Waals surface area (Å²) in [6.07, 6.45) is 5.00. The number of carbonyl (C=O) groups is 1. The van der Waals surface area contributed by atoms with Crippen LogP contribution in [0.5, 0.6) is 0 Å². The number of fused-ring (bicyclic) bond motifs is 3. The number of thiazole rings is 1. The van der Waals surface area contributed by atoms with Crippen LogP contribution in [0.1, 0.15) is 42.0 Å². The molecule has 2 aliphatic heterocycles. The summed E-state index contributed by atoms with van der Waals surface area (Å²) < 4.78 is 3.44. The molecule has 1 saturated heterocycles. The summed E-state index contributed by atoms with van der Waals surface area (Å²) in [6.45, 7) is 1.31. The van der Waals surface area contributed by atoms with E-state index >= 15 is 0 Å². The van der Waals surface area contributed by atoms with Crippen LogP contribution < -0.4 is 5.69 Å². The summed E-state index contributed by atoms with van der Waals surface area (Å²) in [6, 6.07) is 0.198. The zero-order valence-corrected chi connectivity index (χ0v) is 14.1. The number of amides is 1. The van der Waals surface area contributed by atoms with E-state index in [1.54, 1.807) is 20.1 Å². The van der Waals surface area contributed by atoms with Gasteiger partial charge in [-0.2, -0.15) is 5.10 Å². The minimum Gasteiger partial charge on any atom is -0.329 e. The van der Waals surface area contributed by atoms with Crippen molar-refractivity contribution in [1.82, 2.24) is 24.2 Å². The van der Waals surface area contributed by atoms with Gasteiger partial charge in [0.1, 0.15) is 11.5 Å². The maximum atomic E-state index is 12.8. The number of aromatic nitrogens is 4. The average Bonchev–Trinajstić information content (AvgIpc) is 2.99. The van der Waals surface area contributed by atoms with E-state index in [4.69, 9.17) is 0 Å². The quantitative estimate of drug-likeness (QED) is 0.836. The van der Waals surface area contributed by atoms with Crippen molar-refractivity contribution in [3.05, 3.63) is 32.9 Å². The van der Waals surface area contributed by atoms with Gasteiger partial charge in [0, 0.05) is 30.9 Å². The average molecular weight is 345 g/mol. The maximum Gasteiger partial charge on any atom is 0.345 e. The Balaban J connectivity index is 1.46. The predicted octanol–water partition coefficient (Wildman–Crippen LogP) is 1.14. The lowest BCUT2D eigenvalue weighted by atomic mass is 10.1. The van der Waals surface area contributed by atoms with Crippen molar-refractivity contribution in [2.45, 2.75) is 57.3 Å². The second-order valence-electron chi connectivity index (χ2n) is 7.11. The van der Waals surface area contributed by atoms with E-state index in [9.17, 15) is 9.59 Å². The van der Waals surface area contributed by atoms with Crippen molar-refractivity contribution in [3.63, 3.8) is 0 Å². The first kappa shape index (κ1) is 14.4. The first-order chi connectivity index (χ1) is 11.7. The molecule has 4 heterocycles. The van der Waals surface area contributed by atoms with Crippen LogP contribution in [0.15, 0.2) is 15.7 Å². The molecule has 1 aliphatic carbocycles. The molecule has 3 aliphatic rings. The molecule has 0 radical (unpaired) electrons. The minimum absolute atomic E-state index is 0.00666. The summed E-state index contributed by atoms with van der Waals surface area (Å²) in [7, 11) is 0. The van der Waals surface area contributed by atoms with Gasteiger partial charge in [0.15, 0.2) is 0 Å². The van der Waals surface area contributed by atoms with Gasteiger partial charge in [-0.25, -0.2) is 14.5 Å². The third-order valence-corrected chi connectivity index (χ3v) is 6.03. The van der Waals surface area contributed by atoms with Crippen molar-refractivity contribution < 1.29 is 4.79 Å². The highest BCUT2D eigenvalue weighted by molar-refractivity contribution is 7.07. The molecule has 0 N–H and O–H groups in total. The number of rotatable bonds is 3. The smallest absolute Gasteiger partial charge is 0.329 e. The van der Waals surface area contributed by atoms with Crippen molar-refractivity contribution in [2.75, 3.05) is 0 Å². The molecule has 2 aromatic rings. The molecule has 24 heavy (non-hydrogen) atoms. The Kier molecular flexibility index (Phi) is 3.16. The summed E-state index contributed by atoms with van der Waals surface area (Å²) in [5, 5.41) is 6.38. The van der Waals surface area contributed by atoms with E-state index in [2.05, 4.69) is 10.1 Å². The van der Waals surface area contributed by atoms with Gasteiger partial charge in [0.2, 0.25) is 0 Å². The second-order valence-corrected chi connectivity index (χ2v) is 7.83. The Hall–Kier alpha value is -1.96. The summed E-state index contributed by atoms with van der Waals surface area (Å²) in [5.74, 6) is 1.46. The van der Waals surface area contributed by atoms with Crippen LogP contribution in [0, 0.1) is 5.92 Å². The molecule has 2 fully saturated rings. The van der Waals surface area contributed by atoms with Crippen molar-refractivity contribution in [3.8, 4) is 0 Å². The van der Waals surface area contributed by atoms with Gasteiger partial charge in [0.25, 0.3) is 5.91 Å². The molecule has 0 aromatic carbocycles. The zero-order valence-electron chi connectivity index (χ0n) is 13.3. The van der Waals surface area contributed by atoms with E-state index in [1.165, 1.54) is 24.2 Å². The highest BCUT2D eigenvalue weighted by atomic mass is 32.1. The molecule has 8 heteroatoms. The topological polar surface area (TPSA) is 73.0 Å². The first-order valence-corrected chi connectivity index (χ1v) is 9.52. The molecular weight excluding hydrogens is 326 g/mol. The molecule has 126 valence electrons. The van der Waals surface area contributed by atoms with E-state index < -0.39 is 0 Å². The van der Waals surface area contributed by atoms with Gasteiger partial charge < -0.3 is 4.90 Å². The number of nitrogens with zero attached hydrogens (tertiary/aromatic N) is 5. The maximum absolute atomic E-state index is 12.8. The lowest BCUT2D eigenvalue weighted by Crippen LogP contribution is -2.43. The van der Waals surface area contributed by atoms with Crippen molar-refractivity contribution in [1.29, 1.82) is 0 Å². The van der Waals surface area contributed by atoms with Crippen LogP contribution >= 0.6 is 11.3 Å². The van der Waals surface area contributed by atoms with E-state index in [0.717, 1.165) is 25.2 Å². The van der Waals surface area contributed by atoms with Crippen LogP contribution in [0.25, 0.3) is 0 Å². The van der Waals surface area contributed by atoms with E-state index in [0.29, 0.717) is 24.6 Å². The monoisotopic (exact) mass is 345 g/mol. The number of hydrogen-bond donors (Lipinski definition) is 0. The highest BCUT2D eigenvalue weighted by Crippen LogP contribution is 2.33. The molecule has 5 rings (SSSR count). The zero-order chi connectivity index (χ0) is 16.3. The van der Waals surface area contributed by atoms with Crippen LogP contribution in [0.4, 0.5) is 0 Å². The lowest BCUT2D eigenvalue weighted by molar-refractivity contribution is 0.0659.